The molecule has 0 bridgehead atoms. The van der Waals surface area contributed by atoms with Crippen LogP contribution in [0.2, 0.25) is 0 Å². The number of rotatable bonds is 4. The molecule has 0 saturated carbocycles. The van der Waals surface area contributed by atoms with E-state index < -0.39 is 0 Å². The summed E-state index contributed by atoms with van der Waals surface area (Å²) < 4.78 is 0. The highest BCUT2D eigenvalue weighted by Crippen LogP contribution is 2.21. The van der Waals surface area contributed by atoms with E-state index in [1.807, 2.05) is 17.9 Å². The van der Waals surface area contributed by atoms with Gasteiger partial charge < -0.3 is 10.0 Å². The molecule has 0 unspecified atom stereocenters. The standard InChI is InChI=1S/C13H18N2O2S/c1-10-6-11(8-16)7-14-13(10)18-9-12(17)15-4-2-3-5-15/h6-7,16H,2-5,8-9H2,1H3. The summed E-state index contributed by atoms with van der Waals surface area (Å²) in [6.07, 6.45) is 3.91. The number of aryl methyl sites for hydroxylation is 1. The molecule has 2 heterocycles. The summed E-state index contributed by atoms with van der Waals surface area (Å²) in [7, 11) is 0. The van der Waals surface area contributed by atoms with Gasteiger partial charge in [-0.3, -0.25) is 4.79 Å². The van der Waals surface area contributed by atoms with Gasteiger partial charge in [0.05, 0.1) is 17.4 Å². The van der Waals surface area contributed by atoms with E-state index in [0.717, 1.165) is 42.1 Å². The van der Waals surface area contributed by atoms with Gasteiger partial charge in [0, 0.05) is 19.3 Å². The predicted molar refractivity (Wildman–Crippen MR) is 71.4 cm³/mol. The first-order valence-corrected chi connectivity index (χ1v) is 7.16. The van der Waals surface area contributed by atoms with E-state index in [4.69, 9.17) is 5.11 Å². The Labute approximate surface area is 111 Å². The van der Waals surface area contributed by atoms with Crippen LogP contribution >= 0.6 is 11.8 Å². The highest BCUT2D eigenvalue weighted by molar-refractivity contribution is 7.99. The lowest BCUT2D eigenvalue weighted by Crippen LogP contribution is -2.29. The molecule has 1 aliphatic heterocycles. The normalized spacial score (nSPS) is 15.1. The fraction of sp³-hybridized carbons (Fsp3) is 0.538. The lowest BCUT2D eigenvalue weighted by atomic mass is 10.2. The first-order chi connectivity index (χ1) is 8.70. The number of thioether (sulfide) groups is 1. The molecule has 1 aromatic heterocycles. The fourth-order valence-corrected chi connectivity index (χ4v) is 2.90. The first-order valence-electron chi connectivity index (χ1n) is 6.17. The maximum Gasteiger partial charge on any atom is 0.232 e. The van der Waals surface area contributed by atoms with Crippen LogP contribution in [-0.2, 0) is 11.4 Å². The van der Waals surface area contributed by atoms with Crippen LogP contribution in [0, 0.1) is 6.92 Å². The molecule has 1 aliphatic rings. The van der Waals surface area contributed by atoms with E-state index in [0.29, 0.717) is 5.75 Å². The minimum atomic E-state index is 0.00545. The van der Waals surface area contributed by atoms with Crippen molar-refractivity contribution in [2.24, 2.45) is 0 Å². The van der Waals surface area contributed by atoms with E-state index >= 15 is 0 Å². The van der Waals surface area contributed by atoms with E-state index in [2.05, 4.69) is 4.98 Å². The number of aliphatic hydroxyl groups is 1. The smallest absolute Gasteiger partial charge is 0.232 e. The average molecular weight is 266 g/mol. The number of likely N-dealkylation sites (tertiary alicyclic amines) is 1. The van der Waals surface area contributed by atoms with Crippen molar-refractivity contribution in [1.29, 1.82) is 0 Å². The fourth-order valence-electron chi connectivity index (χ4n) is 2.05. The Hall–Kier alpha value is -1.07. The van der Waals surface area contributed by atoms with E-state index in [1.165, 1.54) is 11.8 Å². The van der Waals surface area contributed by atoms with Gasteiger partial charge in [-0.1, -0.05) is 11.8 Å². The molecule has 98 valence electrons. The Morgan fingerprint density at radius 3 is 2.83 bits per heavy atom. The number of nitrogens with zero attached hydrogens (tertiary/aromatic N) is 2. The molecule has 4 nitrogen and oxygen atoms in total. The molecule has 1 amide bonds. The number of carbonyl (C=O) groups is 1. The lowest BCUT2D eigenvalue weighted by molar-refractivity contribution is -0.127. The summed E-state index contributed by atoms with van der Waals surface area (Å²) in [6.45, 7) is 3.75. The highest BCUT2D eigenvalue weighted by atomic mass is 32.2. The van der Waals surface area contributed by atoms with Crippen molar-refractivity contribution in [3.05, 3.63) is 23.4 Å². The summed E-state index contributed by atoms with van der Waals surface area (Å²) in [5, 5.41) is 9.88. The molecule has 1 saturated heterocycles. The van der Waals surface area contributed by atoms with Crippen LogP contribution in [0.4, 0.5) is 0 Å². The number of hydrogen-bond acceptors (Lipinski definition) is 4. The SMILES string of the molecule is Cc1cc(CO)cnc1SCC(=O)N1CCCC1. The zero-order chi connectivity index (χ0) is 13.0. The Morgan fingerprint density at radius 2 is 2.22 bits per heavy atom. The molecular weight excluding hydrogens is 248 g/mol. The molecule has 0 aliphatic carbocycles. The molecule has 0 spiro atoms. The maximum atomic E-state index is 11.9. The summed E-state index contributed by atoms with van der Waals surface area (Å²) in [5.74, 6) is 0.650. The minimum absolute atomic E-state index is 0.00545. The zero-order valence-electron chi connectivity index (χ0n) is 10.6. The minimum Gasteiger partial charge on any atom is -0.392 e. The molecule has 0 aromatic carbocycles. The zero-order valence-corrected chi connectivity index (χ0v) is 11.4. The van der Waals surface area contributed by atoms with Crippen LogP contribution in [-0.4, -0.2) is 39.7 Å². The third-order valence-electron chi connectivity index (χ3n) is 3.06. The largest absolute Gasteiger partial charge is 0.392 e. The molecule has 1 aromatic rings. The molecule has 0 atom stereocenters. The van der Waals surface area contributed by atoms with Gasteiger partial charge in [0.25, 0.3) is 0 Å². The molecule has 1 fully saturated rings. The number of amides is 1. The van der Waals surface area contributed by atoms with Crippen LogP contribution in [0.15, 0.2) is 17.3 Å². The maximum absolute atomic E-state index is 11.9. The molecular formula is C13H18N2O2S. The molecule has 0 radical (unpaired) electrons. The summed E-state index contributed by atoms with van der Waals surface area (Å²) in [6, 6.07) is 1.91. The summed E-state index contributed by atoms with van der Waals surface area (Å²) in [5.41, 5.74) is 1.82. The van der Waals surface area contributed by atoms with Gasteiger partial charge in [-0.2, -0.15) is 0 Å². The Bertz CT molecular complexity index is 431. The third kappa shape index (κ3) is 3.23. The van der Waals surface area contributed by atoms with Crippen LogP contribution in [0.3, 0.4) is 0 Å². The summed E-state index contributed by atoms with van der Waals surface area (Å²) >= 11 is 1.48. The number of carbonyl (C=O) groups excluding carboxylic acids is 1. The highest BCUT2D eigenvalue weighted by Gasteiger charge is 2.18. The quantitative estimate of drug-likeness (QED) is 0.841. The molecule has 18 heavy (non-hydrogen) atoms. The Morgan fingerprint density at radius 1 is 1.50 bits per heavy atom. The van der Waals surface area contributed by atoms with Crippen LogP contribution < -0.4 is 0 Å². The van der Waals surface area contributed by atoms with E-state index in [-0.39, 0.29) is 12.5 Å². The Balaban J connectivity index is 1.91. The molecule has 5 heteroatoms. The van der Waals surface area contributed by atoms with Gasteiger partial charge in [-0.15, -0.1) is 0 Å². The number of pyridine rings is 1. The van der Waals surface area contributed by atoms with Gasteiger partial charge in [-0.05, 0) is 37.0 Å². The molecule has 2 rings (SSSR count). The van der Waals surface area contributed by atoms with Crippen molar-refractivity contribution in [3.63, 3.8) is 0 Å². The second-order valence-corrected chi connectivity index (χ2v) is 5.46. The second-order valence-electron chi connectivity index (χ2n) is 4.50. The number of aliphatic hydroxyl groups excluding tert-OH is 1. The van der Waals surface area contributed by atoms with Gasteiger partial charge in [-0.25, -0.2) is 4.98 Å². The van der Waals surface area contributed by atoms with Crippen LogP contribution in [0.1, 0.15) is 24.0 Å². The van der Waals surface area contributed by atoms with Gasteiger partial charge in [0.2, 0.25) is 5.91 Å². The monoisotopic (exact) mass is 266 g/mol. The van der Waals surface area contributed by atoms with E-state index in [1.54, 1.807) is 6.20 Å². The topological polar surface area (TPSA) is 53.4 Å². The van der Waals surface area contributed by atoms with Gasteiger partial charge in [0.15, 0.2) is 0 Å². The van der Waals surface area contributed by atoms with Crippen molar-refractivity contribution in [3.8, 4) is 0 Å². The van der Waals surface area contributed by atoms with Crippen LogP contribution in [0.5, 0.6) is 0 Å². The predicted octanol–water partition coefficient (Wildman–Crippen LogP) is 1.60. The van der Waals surface area contributed by atoms with Crippen LogP contribution in [0.25, 0.3) is 0 Å². The third-order valence-corrected chi connectivity index (χ3v) is 4.15. The molecule has 1 N–H and O–H groups in total. The van der Waals surface area contributed by atoms with E-state index in [9.17, 15) is 4.79 Å². The Kier molecular flexibility index (Phi) is 4.60. The van der Waals surface area contributed by atoms with Gasteiger partial charge in [0.1, 0.15) is 0 Å². The number of aromatic nitrogens is 1. The van der Waals surface area contributed by atoms with Gasteiger partial charge >= 0.3 is 0 Å². The lowest BCUT2D eigenvalue weighted by Gasteiger charge is -2.14. The number of hydrogen-bond donors (Lipinski definition) is 1. The van der Waals surface area contributed by atoms with Crippen molar-refractivity contribution >= 4 is 17.7 Å². The second kappa shape index (κ2) is 6.20. The van der Waals surface area contributed by atoms with Crippen molar-refractivity contribution in [2.45, 2.75) is 31.4 Å². The first kappa shape index (κ1) is 13.4. The van der Waals surface area contributed by atoms with Crippen molar-refractivity contribution < 1.29 is 9.90 Å². The average Bonchev–Trinajstić information content (AvgIpc) is 2.90. The van der Waals surface area contributed by atoms with Crippen molar-refractivity contribution in [1.82, 2.24) is 9.88 Å². The summed E-state index contributed by atoms with van der Waals surface area (Å²) in [4.78, 5) is 18.1. The van der Waals surface area contributed by atoms with Crippen molar-refractivity contribution in [2.75, 3.05) is 18.8 Å².